The highest BCUT2D eigenvalue weighted by Gasteiger charge is 2.18. The highest BCUT2D eigenvalue weighted by molar-refractivity contribution is 14.1. The van der Waals surface area contributed by atoms with Crippen LogP contribution in [0, 0.1) is 3.57 Å². The smallest absolute Gasteiger partial charge is 0.0868 e. The van der Waals surface area contributed by atoms with Gasteiger partial charge in [-0.05, 0) is 50.7 Å². The highest BCUT2D eigenvalue weighted by Crippen LogP contribution is 2.33. The van der Waals surface area contributed by atoms with Gasteiger partial charge in [-0.2, -0.15) is 0 Å². The van der Waals surface area contributed by atoms with E-state index < -0.39 is 0 Å². The summed E-state index contributed by atoms with van der Waals surface area (Å²) in [4.78, 5) is 4.71. The van der Waals surface area contributed by atoms with Gasteiger partial charge < -0.3 is 10.5 Å². The third kappa shape index (κ3) is 1.94. The summed E-state index contributed by atoms with van der Waals surface area (Å²) in [6.45, 7) is 1.31. The summed E-state index contributed by atoms with van der Waals surface area (Å²) < 4.78 is 7.60. The second-order valence-corrected chi connectivity index (χ2v) is 6.14. The van der Waals surface area contributed by atoms with Crippen molar-refractivity contribution in [2.75, 3.05) is 12.3 Å². The topological polar surface area (TPSA) is 48.1 Å². The van der Waals surface area contributed by atoms with Gasteiger partial charge in [-0.15, -0.1) is 0 Å². The lowest BCUT2D eigenvalue weighted by atomic mass is 10.0. The number of ether oxygens (including phenoxy) is 1. The van der Waals surface area contributed by atoms with E-state index in [1.165, 1.54) is 0 Å². The number of aromatic nitrogens is 1. The molecule has 1 aromatic heterocycles. The van der Waals surface area contributed by atoms with Crippen molar-refractivity contribution in [2.24, 2.45) is 0 Å². The molecule has 0 amide bonds. The van der Waals surface area contributed by atoms with Crippen LogP contribution in [0.25, 0.3) is 10.9 Å². The SMILES string of the molecule is Nc1c2c(nc3c(Br)cc(I)cc13)CCOC2. The van der Waals surface area contributed by atoms with Crippen molar-refractivity contribution in [1.29, 1.82) is 0 Å². The highest BCUT2D eigenvalue weighted by atomic mass is 127. The molecule has 0 aliphatic carbocycles. The van der Waals surface area contributed by atoms with Crippen molar-refractivity contribution >= 4 is 55.1 Å². The van der Waals surface area contributed by atoms with E-state index in [0.717, 1.165) is 48.9 Å². The minimum absolute atomic E-state index is 0.577. The summed E-state index contributed by atoms with van der Waals surface area (Å²) in [6.07, 6.45) is 0.841. The molecular formula is C12H10BrIN2O. The maximum atomic E-state index is 6.23. The maximum Gasteiger partial charge on any atom is 0.0868 e. The molecule has 0 saturated carbocycles. The maximum absolute atomic E-state index is 6.23. The molecule has 2 heterocycles. The standard InChI is InChI=1S/C12H10BrIN2O/c13-9-4-6(14)3-7-11(15)8-5-17-2-1-10(8)16-12(7)9/h3-4H,1-2,5H2,(H2,15,16). The fourth-order valence-electron chi connectivity index (χ4n) is 2.12. The number of rotatable bonds is 0. The van der Waals surface area contributed by atoms with Crippen LogP contribution < -0.4 is 5.73 Å². The van der Waals surface area contributed by atoms with Crippen LogP contribution in [0.15, 0.2) is 16.6 Å². The molecule has 3 nitrogen and oxygen atoms in total. The van der Waals surface area contributed by atoms with Gasteiger partial charge in [0.05, 0.1) is 24.4 Å². The molecule has 88 valence electrons. The summed E-state index contributed by atoms with van der Waals surface area (Å²) in [5.41, 5.74) is 10.1. The van der Waals surface area contributed by atoms with Crippen molar-refractivity contribution in [1.82, 2.24) is 4.98 Å². The molecule has 1 aromatic carbocycles. The third-order valence-corrected chi connectivity index (χ3v) is 4.20. The second kappa shape index (κ2) is 4.37. The zero-order valence-corrected chi connectivity index (χ0v) is 12.7. The van der Waals surface area contributed by atoms with Crippen LogP contribution in [0.1, 0.15) is 11.3 Å². The summed E-state index contributed by atoms with van der Waals surface area (Å²) in [5, 5.41) is 1.01. The van der Waals surface area contributed by atoms with E-state index in [2.05, 4.69) is 50.7 Å². The lowest BCUT2D eigenvalue weighted by molar-refractivity contribution is 0.110. The molecule has 2 N–H and O–H groups in total. The van der Waals surface area contributed by atoms with Crippen LogP contribution >= 0.6 is 38.5 Å². The number of nitrogen functional groups attached to an aromatic ring is 1. The van der Waals surface area contributed by atoms with Gasteiger partial charge in [-0.3, -0.25) is 4.98 Å². The van der Waals surface area contributed by atoms with Gasteiger partial charge in [0.2, 0.25) is 0 Å². The van der Waals surface area contributed by atoms with Gasteiger partial charge in [-0.25, -0.2) is 0 Å². The van der Waals surface area contributed by atoms with E-state index in [9.17, 15) is 0 Å². The molecule has 0 unspecified atom stereocenters. The monoisotopic (exact) mass is 404 g/mol. The first-order valence-electron chi connectivity index (χ1n) is 5.30. The van der Waals surface area contributed by atoms with Crippen LogP contribution in [0.2, 0.25) is 0 Å². The molecule has 0 radical (unpaired) electrons. The van der Waals surface area contributed by atoms with Gasteiger partial charge in [-0.1, -0.05) is 0 Å². The van der Waals surface area contributed by atoms with Crippen molar-refractivity contribution < 1.29 is 4.74 Å². The molecular weight excluding hydrogens is 395 g/mol. The van der Waals surface area contributed by atoms with Gasteiger partial charge in [0.15, 0.2) is 0 Å². The number of fused-ring (bicyclic) bond motifs is 2. The number of hydrogen-bond donors (Lipinski definition) is 1. The van der Waals surface area contributed by atoms with Crippen molar-refractivity contribution in [3.63, 3.8) is 0 Å². The van der Waals surface area contributed by atoms with Crippen LogP contribution in [-0.4, -0.2) is 11.6 Å². The first kappa shape index (κ1) is 11.7. The van der Waals surface area contributed by atoms with Gasteiger partial charge in [0.25, 0.3) is 0 Å². The Morgan fingerprint density at radius 3 is 3.06 bits per heavy atom. The lowest BCUT2D eigenvalue weighted by Crippen LogP contribution is -2.14. The molecule has 1 aliphatic rings. The summed E-state index contributed by atoms with van der Waals surface area (Å²) in [6, 6.07) is 4.12. The van der Waals surface area contributed by atoms with E-state index in [1.54, 1.807) is 0 Å². The largest absolute Gasteiger partial charge is 0.398 e. The number of nitrogens with two attached hydrogens (primary N) is 1. The number of pyridine rings is 1. The Hall–Kier alpha value is -0.400. The van der Waals surface area contributed by atoms with Gasteiger partial charge in [0, 0.05) is 31.1 Å². The van der Waals surface area contributed by atoms with Crippen LogP contribution in [0.4, 0.5) is 5.69 Å². The molecule has 0 bridgehead atoms. The Bertz CT molecular complexity index is 615. The van der Waals surface area contributed by atoms with Crippen LogP contribution in [0.5, 0.6) is 0 Å². The molecule has 5 heteroatoms. The third-order valence-electron chi connectivity index (χ3n) is 2.97. The second-order valence-electron chi connectivity index (χ2n) is 4.04. The number of nitrogens with zero attached hydrogens (tertiary/aromatic N) is 1. The van der Waals surface area contributed by atoms with Gasteiger partial charge in [0.1, 0.15) is 0 Å². The molecule has 0 fully saturated rings. The zero-order chi connectivity index (χ0) is 12.0. The van der Waals surface area contributed by atoms with Crippen molar-refractivity contribution in [3.8, 4) is 0 Å². The number of hydrogen-bond acceptors (Lipinski definition) is 3. The summed E-state index contributed by atoms with van der Waals surface area (Å²) in [7, 11) is 0. The first-order valence-corrected chi connectivity index (χ1v) is 7.17. The van der Waals surface area contributed by atoms with E-state index >= 15 is 0 Å². The van der Waals surface area contributed by atoms with Crippen LogP contribution in [-0.2, 0) is 17.8 Å². The molecule has 0 spiro atoms. The molecule has 1 aliphatic heterocycles. The Morgan fingerprint density at radius 2 is 2.24 bits per heavy atom. The zero-order valence-electron chi connectivity index (χ0n) is 8.96. The fourth-order valence-corrected chi connectivity index (χ4v) is 3.72. The van der Waals surface area contributed by atoms with E-state index in [0.29, 0.717) is 6.61 Å². The quantitative estimate of drug-likeness (QED) is 0.685. The Balaban J connectivity index is 2.40. The molecule has 0 saturated heterocycles. The van der Waals surface area contributed by atoms with E-state index in [1.807, 2.05) is 0 Å². The number of halogens is 2. The summed E-state index contributed by atoms with van der Waals surface area (Å²) >= 11 is 5.84. The minimum atomic E-state index is 0.577. The number of benzene rings is 1. The van der Waals surface area contributed by atoms with Gasteiger partial charge >= 0.3 is 0 Å². The average Bonchev–Trinajstić information content (AvgIpc) is 2.31. The summed E-state index contributed by atoms with van der Waals surface area (Å²) in [5.74, 6) is 0. The minimum Gasteiger partial charge on any atom is -0.398 e. The van der Waals surface area contributed by atoms with E-state index in [-0.39, 0.29) is 0 Å². The van der Waals surface area contributed by atoms with E-state index in [4.69, 9.17) is 15.5 Å². The normalized spacial score (nSPS) is 14.9. The predicted molar refractivity (Wildman–Crippen MR) is 79.9 cm³/mol. The molecule has 2 aromatic rings. The fraction of sp³-hybridized carbons (Fsp3) is 0.250. The molecule has 17 heavy (non-hydrogen) atoms. The Morgan fingerprint density at radius 1 is 1.41 bits per heavy atom. The first-order chi connectivity index (χ1) is 8.16. The molecule has 0 atom stereocenters. The Labute approximate surface area is 121 Å². The van der Waals surface area contributed by atoms with Crippen molar-refractivity contribution in [3.05, 3.63) is 31.4 Å². The van der Waals surface area contributed by atoms with Crippen molar-refractivity contribution in [2.45, 2.75) is 13.0 Å². The average molecular weight is 405 g/mol. The number of anilines is 1. The molecule has 3 rings (SSSR count). The Kier molecular flexibility index (Phi) is 3.00. The predicted octanol–water partition coefficient (Wildman–Crippen LogP) is 3.26. The van der Waals surface area contributed by atoms with Crippen LogP contribution in [0.3, 0.4) is 0 Å². The lowest BCUT2D eigenvalue weighted by Gasteiger charge is -2.19.